The summed E-state index contributed by atoms with van der Waals surface area (Å²) < 4.78 is 12.7. The van der Waals surface area contributed by atoms with E-state index in [0.717, 1.165) is 24.2 Å². The molecule has 0 amide bonds. The summed E-state index contributed by atoms with van der Waals surface area (Å²) in [5, 5.41) is 0. The van der Waals surface area contributed by atoms with Gasteiger partial charge in [0.2, 0.25) is 5.78 Å². The largest absolute Gasteiger partial charge is 0.494 e. The maximum absolute atomic E-state index is 12.4. The fourth-order valence-corrected chi connectivity index (χ4v) is 3.10. The molecule has 1 aliphatic carbocycles. The van der Waals surface area contributed by atoms with Crippen molar-refractivity contribution >= 4 is 11.8 Å². The molecule has 5 heteroatoms. The van der Waals surface area contributed by atoms with Crippen LogP contribution in [0.25, 0.3) is 0 Å². The van der Waals surface area contributed by atoms with Crippen molar-refractivity contribution < 1.29 is 19.1 Å². The zero-order valence-electron chi connectivity index (χ0n) is 14.9. The quantitative estimate of drug-likeness (QED) is 0.566. The number of hydrogen-bond donors (Lipinski definition) is 0. The zero-order chi connectivity index (χ0) is 18.0. The minimum atomic E-state index is -0.507. The van der Waals surface area contributed by atoms with Gasteiger partial charge < -0.3 is 14.0 Å². The molecule has 1 saturated carbocycles. The molecular formula is C20H23NO4. The van der Waals surface area contributed by atoms with Crippen LogP contribution in [0, 0.1) is 13.8 Å². The number of Topliss-reactive ketones (excluding diaryl/α,β-unsaturated/α-hetero) is 1. The van der Waals surface area contributed by atoms with Gasteiger partial charge in [-0.2, -0.15) is 0 Å². The number of ketones is 1. The third-order valence-electron chi connectivity index (χ3n) is 4.43. The van der Waals surface area contributed by atoms with Crippen molar-refractivity contribution in [2.45, 2.75) is 39.7 Å². The molecule has 1 fully saturated rings. The summed E-state index contributed by atoms with van der Waals surface area (Å²) >= 11 is 0. The molecule has 5 nitrogen and oxygen atoms in total. The number of esters is 1. The zero-order valence-corrected chi connectivity index (χ0v) is 14.9. The lowest BCUT2D eigenvalue weighted by atomic mass is 10.1. The molecule has 0 aliphatic heterocycles. The van der Waals surface area contributed by atoms with Gasteiger partial charge in [-0.15, -0.1) is 0 Å². The minimum Gasteiger partial charge on any atom is -0.494 e. The third kappa shape index (κ3) is 3.76. The predicted octanol–water partition coefficient (Wildman–Crippen LogP) is 3.88. The second kappa shape index (κ2) is 7.13. The van der Waals surface area contributed by atoms with Crippen molar-refractivity contribution in [1.82, 2.24) is 4.57 Å². The molecule has 1 aromatic heterocycles. The van der Waals surface area contributed by atoms with Crippen LogP contribution < -0.4 is 4.74 Å². The smallest absolute Gasteiger partial charge is 0.338 e. The molecule has 1 heterocycles. The van der Waals surface area contributed by atoms with Gasteiger partial charge in [0.25, 0.3) is 0 Å². The van der Waals surface area contributed by atoms with Gasteiger partial charge in [-0.1, -0.05) is 0 Å². The maximum Gasteiger partial charge on any atom is 0.338 e. The van der Waals surface area contributed by atoms with Gasteiger partial charge in [0.05, 0.1) is 12.2 Å². The molecule has 1 aromatic carbocycles. The van der Waals surface area contributed by atoms with Crippen LogP contribution in [0.2, 0.25) is 0 Å². The number of carbonyl (C=O) groups excluding carboxylic acids is 2. The molecule has 2 aromatic rings. The predicted molar refractivity (Wildman–Crippen MR) is 94.4 cm³/mol. The lowest BCUT2D eigenvalue weighted by Gasteiger charge is -2.08. The van der Waals surface area contributed by atoms with E-state index in [2.05, 4.69) is 4.57 Å². The highest BCUT2D eigenvalue weighted by molar-refractivity contribution is 6.00. The Morgan fingerprint density at radius 3 is 2.44 bits per heavy atom. The lowest BCUT2D eigenvalue weighted by Crippen LogP contribution is -2.15. The maximum atomic E-state index is 12.4. The Morgan fingerprint density at radius 2 is 1.84 bits per heavy atom. The van der Waals surface area contributed by atoms with E-state index in [1.54, 1.807) is 24.3 Å². The highest BCUT2D eigenvalue weighted by atomic mass is 16.5. The molecule has 0 spiro atoms. The van der Waals surface area contributed by atoms with E-state index in [1.165, 1.54) is 0 Å². The molecule has 132 valence electrons. The summed E-state index contributed by atoms with van der Waals surface area (Å²) in [5.74, 6) is 0.0225. The van der Waals surface area contributed by atoms with Crippen molar-refractivity contribution in [3.63, 3.8) is 0 Å². The first-order chi connectivity index (χ1) is 12.0. The first kappa shape index (κ1) is 17.3. The van der Waals surface area contributed by atoms with Gasteiger partial charge in [0.1, 0.15) is 5.75 Å². The van der Waals surface area contributed by atoms with Gasteiger partial charge >= 0.3 is 5.97 Å². The van der Waals surface area contributed by atoms with Gasteiger partial charge in [-0.25, -0.2) is 4.79 Å². The van der Waals surface area contributed by atoms with Crippen molar-refractivity contribution in [3.8, 4) is 5.75 Å². The summed E-state index contributed by atoms with van der Waals surface area (Å²) in [6, 6.07) is 9.11. The molecule has 0 radical (unpaired) electrons. The number of rotatable bonds is 7. The first-order valence-electron chi connectivity index (χ1n) is 8.63. The molecule has 0 N–H and O–H groups in total. The Kier molecular flexibility index (Phi) is 4.93. The van der Waals surface area contributed by atoms with Crippen LogP contribution in [0.15, 0.2) is 30.3 Å². The van der Waals surface area contributed by atoms with Crippen LogP contribution >= 0.6 is 0 Å². The molecule has 25 heavy (non-hydrogen) atoms. The summed E-state index contributed by atoms with van der Waals surface area (Å²) in [6.45, 7) is 6.17. The molecular weight excluding hydrogens is 318 g/mol. The van der Waals surface area contributed by atoms with Crippen LogP contribution in [0.4, 0.5) is 0 Å². The topological polar surface area (TPSA) is 57.5 Å². The number of ether oxygens (including phenoxy) is 2. The standard InChI is InChI=1S/C20H23NO4/c1-4-24-17-9-5-15(6-10-17)20(23)25-12-19(22)18-11-13(2)21(14(18)3)16-7-8-16/h5-6,9-11,16H,4,7-8,12H2,1-3H3. The minimum absolute atomic E-state index is 0.167. The van der Waals surface area contributed by atoms with Gasteiger partial charge in [0.15, 0.2) is 6.61 Å². The highest BCUT2D eigenvalue weighted by Crippen LogP contribution is 2.38. The van der Waals surface area contributed by atoms with Crippen LogP contribution in [0.3, 0.4) is 0 Å². The molecule has 0 saturated heterocycles. The summed E-state index contributed by atoms with van der Waals surface area (Å²) in [6.07, 6.45) is 2.33. The normalized spacial score (nSPS) is 13.6. The fourth-order valence-electron chi connectivity index (χ4n) is 3.10. The Labute approximate surface area is 147 Å². The Bertz CT molecular complexity index is 785. The van der Waals surface area contributed by atoms with Crippen molar-refractivity contribution in [2.24, 2.45) is 0 Å². The van der Waals surface area contributed by atoms with Crippen molar-refractivity contribution in [2.75, 3.05) is 13.2 Å². The van der Waals surface area contributed by atoms with E-state index < -0.39 is 5.97 Å². The number of benzene rings is 1. The van der Waals surface area contributed by atoms with Crippen molar-refractivity contribution in [1.29, 1.82) is 0 Å². The van der Waals surface area contributed by atoms with Gasteiger partial charge in [-0.3, -0.25) is 4.79 Å². The van der Waals surface area contributed by atoms with Crippen LogP contribution in [0.1, 0.15) is 57.9 Å². The molecule has 3 rings (SSSR count). The lowest BCUT2D eigenvalue weighted by molar-refractivity contribution is 0.0474. The summed E-state index contributed by atoms with van der Waals surface area (Å²) in [5.41, 5.74) is 3.09. The van der Waals surface area contributed by atoms with Crippen LogP contribution in [0.5, 0.6) is 5.75 Å². The SMILES string of the molecule is CCOc1ccc(C(=O)OCC(=O)c2cc(C)n(C3CC3)c2C)cc1. The van der Waals surface area contributed by atoms with Crippen molar-refractivity contribution in [3.05, 3.63) is 52.8 Å². The second-order valence-corrected chi connectivity index (χ2v) is 6.34. The number of carbonyl (C=O) groups is 2. The second-order valence-electron chi connectivity index (χ2n) is 6.34. The monoisotopic (exact) mass is 341 g/mol. The third-order valence-corrected chi connectivity index (χ3v) is 4.43. The number of hydrogen-bond acceptors (Lipinski definition) is 4. The van der Waals surface area contributed by atoms with E-state index in [1.807, 2.05) is 26.8 Å². The molecule has 0 unspecified atom stereocenters. The average Bonchev–Trinajstić information content (AvgIpc) is 3.38. The first-order valence-corrected chi connectivity index (χ1v) is 8.63. The van der Waals surface area contributed by atoms with E-state index in [9.17, 15) is 9.59 Å². The molecule has 0 bridgehead atoms. The van der Waals surface area contributed by atoms with Crippen LogP contribution in [-0.2, 0) is 4.74 Å². The summed E-state index contributed by atoms with van der Waals surface area (Å²) in [4.78, 5) is 24.5. The van der Waals surface area contributed by atoms with E-state index in [-0.39, 0.29) is 12.4 Å². The Hall–Kier alpha value is -2.56. The molecule has 0 atom stereocenters. The van der Waals surface area contributed by atoms with E-state index >= 15 is 0 Å². The molecule has 1 aliphatic rings. The van der Waals surface area contributed by atoms with Gasteiger partial charge in [0, 0.05) is 23.0 Å². The van der Waals surface area contributed by atoms with Gasteiger partial charge in [-0.05, 0) is 63.9 Å². The van der Waals surface area contributed by atoms with E-state index in [0.29, 0.717) is 29.5 Å². The number of aromatic nitrogens is 1. The summed E-state index contributed by atoms with van der Waals surface area (Å²) in [7, 11) is 0. The highest BCUT2D eigenvalue weighted by Gasteiger charge is 2.28. The Morgan fingerprint density at radius 1 is 1.16 bits per heavy atom. The number of nitrogens with zero attached hydrogens (tertiary/aromatic N) is 1. The van der Waals surface area contributed by atoms with Crippen LogP contribution in [-0.4, -0.2) is 29.5 Å². The van der Waals surface area contributed by atoms with E-state index in [4.69, 9.17) is 9.47 Å². The Balaban J connectivity index is 1.62. The average molecular weight is 341 g/mol. The fraction of sp³-hybridized carbons (Fsp3) is 0.400. The number of aryl methyl sites for hydroxylation is 1.